The predicted octanol–water partition coefficient (Wildman–Crippen LogP) is 1.68. The summed E-state index contributed by atoms with van der Waals surface area (Å²) in [5.41, 5.74) is 0.654. The van der Waals surface area contributed by atoms with E-state index in [9.17, 15) is 13.2 Å². The highest BCUT2D eigenvalue weighted by atomic mass is 32.2. The van der Waals surface area contributed by atoms with Gasteiger partial charge in [0, 0.05) is 25.4 Å². The number of aromatic amines is 1. The smallest absolute Gasteiger partial charge is 0.343 e. The molecule has 0 bridgehead atoms. The van der Waals surface area contributed by atoms with Gasteiger partial charge in [0.1, 0.15) is 0 Å². The van der Waals surface area contributed by atoms with Gasteiger partial charge in [0.2, 0.25) is 10.0 Å². The monoisotopic (exact) mass is 412 g/mol. The molecule has 1 aromatic heterocycles. The third-order valence-corrected chi connectivity index (χ3v) is 7.27. The number of aromatic nitrogens is 3. The molecule has 0 amide bonds. The molecule has 8 nitrogen and oxygen atoms in total. The van der Waals surface area contributed by atoms with Crippen molar-refractivity contribution in [1.82, 2.24) is 19.1 Å². The van der Waals surface area contributed by atoms with Crippen LogP contribution in [-0.2, 0) is 27.1 Å². The fraction of sp³-hybridized carbons (Fsp3) is 0.529. The van der Waals surface area contributed by atoms with Gasteiger partial charge in [-0.05, 0) is 24.1 Å². The summed E-state index contributed by atoms with van der Waals surface area (Å²) < 4.78 is 33.9. The zero-order valence-electron chi connectivity index (χ0n) is 15.3. The highest BCUT2D eigenvalue weighted by Gasteiger charge is 2.26. The van der Waals surface area contributed by atoms with E-state index in [2.05, 4.69) is 17.1 Å². The van der Waals surface area contributed by atoms with Crippen LogP contribution >= 0.6 is 11.8 Å². The van der Waals surface area contributed by atoms with Crippen LogP contribution in [0.4, 0.5) is 0 Å². The van der Waals surface area contributed by atoms with Crippen molar-refractivity contribution >= 4 is 21.8 Å². The predicted molar refractivity (Wildman–Crippen MR) is 103 cm³/mol. The van der Waals surface area contributed by atoms with Gasteiger partial charge in [0.05, 0.1) is 18.1 Å². The number of unbranched alkanes of at least 4 members (excludes halogenated alkanes) is 1. The van der Waals surface area contributed by atoms with E-state index >= 15 is 0 Å². The van der Waals surface area contributed by atoms with Crippen molar-refractivity contribution in [2.24, 2.45) is 0 Å². The lowest BCUT2D eigenvalue weighted by molar-refractivity contribution is 0.0730. The average molecular weight is 413 g/mol. The fourth-order valence-electron chi connectivity index (χ4n) is 2.81. The number of thioether (sulfide) groups is 1. The molecular weight excluding hydrogens is 388 g/mol. The maximum atomic E-state index is 12.8. The highest BCUT2D eigenvalue weighted by Crippen LogP contribution is 2.23. The van der Waals surface area contributed by atoms with Crippen LogP contribution in [-0.4, -0.2) is 53.8 Å². The van der Waals surface area contributed by atoms with Crippen LogP contribution in [0.25, 0.3) is 0 Å². The van der Waals surface area contributed by atoms with Crippen LogP contribution in [0.15, 0.2) is 39.1 Å². The van der Waals surface area contributed by atoms with E-state index in [-0.39, 0.29) is 10.6 Å². The summed E-state index contributed by atoms with van der Waals surface area (Å²) in [7, 11) is -3.52. The molecule has 1 fully saturated rings. The van der Waals surface area contributed by atoms with Gasteiger partial charge in [-0.15, -0.1) is 5.10 Å². The van der Waals surface area contributed by atoms with Gasteiger partial charge >= 0.3 is 5.69 Å². The summed E-state index contributed by atoms with van der Waals surface area (Å²) in [4.78, 5) is 12.1. The Hall–Kier alpha value is -1.62. The second kappa shape index (κ2) is 9.05. The minimum atomic E-state index is -3.52. The molecule has 3 rings (SSSR count). The number of benzene rings is 1. The normalized spacial score (nSPS) is 15.9. The Kier molecular flexibility index (Phi) is 6.74. The van der Waals surface area contributed by atoms with E-state index < -0.39 is 10.0 Å². The van der Waals surface area contributed by atoms with E-state index in [0.717, 1.165) is 18.4 Å². The fourth-order valence-corrected chi connectivity index (χ4v) is 5.20. The lowest BCUT2D eigenvalue weighted by atomic mass is 10.2. The Morgan fingerprint density at radius 1 is 1.30 bits per heavy atom. The van der Waals surface area contributed by atoms with Crippen molar-refractivity contribution in [3.63, 3.8) is 0 Å². The largest absolute Gasteiger partial charge is 0.379 e. The van der Waals surface area contributed by atoms with Crippen molar-refractivity contribution in [2.75, 3.05) is 26.3 Å². The van der Waals surface area contributed by atoms with Crippen LogP contribution < -0.4 is 5.69 Å². The lowest BCUT2D eigenvalue weighted by Crippen LogP contribution is -2.40. The molecule has 1 N–H and O–H groups in total. The van der Waals surface area contributed by atoms with Gasteiger partial charge < -0.3 is 4.74 Å². The Morgan fingerprint density at radius 3 is 2.81 bits per heavy atom. The summed E-state index contributed by atoms with van der Waals surface area (Å²) in [6.45, 7) is 4.28. The Balaban J connectivity index is 1.72. The molecule has 1 aliphatic heterocycles. The van der Waals surface area contributed by atoms with Gasteiger partial charge in [0.25, 0.3) is 0 Å². The summed E-state index contributed by atoms with van der Waals surface area (Å²) in [5.74, 6) is 0.531. The van der Waals surface area contributed by atoms with Crippen molar-refractivity contribution in [2.45, 2.75) is 42.1 Å². The third-order valence-electron chi connectivity index (χ3n) is 4.33. The number of ether oxygens (including phenoxy) is 1. The first-order chi connectivity index (χ1) is 13.0. The van der Waals surface area contributed by atoms with Gasteiger partial charge in [0.15, 0.2) is 5.16 Å². The van der Waals surface area contributed by atoms with E-state index in [1.165, 1.54) is 16.1 Å². The third kappa shape index (κ3) is 4.81. The van der Waals surface area contributed by atoms with Crippen molar-refractivity contribution in [3.05, 3.63) is 40.3 Å². The standard InChI is InChI=1S/C17H24N4O4S2/c1-2-3-7-21-16(22)18-19-17(21)26-13-14-5-4-6-15(12-14)27(23,24)20-8-10-25-11-9-20/h4-6,12H,2-3,7-11,13H2,1H3,(H,18,22). The number of H-pyrrole nitrogens is 1. The first-order valence-corrected chi connectivity index (χ1v) is 11.4. The van der Waals surface area contributed by atoms with Gasteiger partial charge in [-0.1, -0.05) is 37.2 Å². The second-order valence-corrected chi connectivity index (χ2v) is 9.15. The molecule has 148 valence electrons. The molecule has 1 aliphatic rings. The molecule has 27 heavy (non-hydrogen) atoms. The number of nitrogens with one attached hydrogen (secondary N) is 1. The Labute approximate surface area is 163 Å². The van der Waals surface area contributed by atoms with Crippen molar-refractivity contribution in [1.29, 1.82) is 0 Å². The molecule has 2 aromatic rings. The van der Waals surface area contributed by atoms with Gasteiger partial charge in [-0.2, -0.15) is 4.31 Å². The molecule has 0 saturated carbocycles. The molecule has 1 saturated heterocycles. The molecule has 0 aliphatic carbocycles. The van der Waals surface area contributed by atoms with E-state index in [4.69, 9.17) is 4.74 Å². The molecular formula is C17H24N4O4S2. The highest BCUT2D eigenvalue weighted by molar-refractivity contribution is 7.98. The number of rotatable bonds is 8. The van der Waals surface area contributed by atoms with E-state index in [1.807, 2.05) is 6.07 Å². The van der Waals surface area contributed by atoms with Crippen molar-refractivity contribution < 1.29 is 13.2 Å². The van der Waals surface area contributed by atoms with Crippen LogP contribution in [0.2, 0.25) is 0 Å². The summed E-state index contributed by atoms with van der Waals surface area (Å²) >= 11 is 1.42. The molecule has 2 heterocycles. The molecule has 0 spiro atoms. The molecule has 1 aromatic carbocycles. The quantitative estimate of drug-likeness (QED) is 0.663. The molecule has 10 heteroatoms. The number of hydrogen-bond acceptors (Lipinski definition) is 6. The van der Waals surface area contributed by atoms with Crippen molar-refractivity contribution in [3.8, 4) is 0 Å². The lowest BCUT2D eigenvalue weighted by Gasteiger charge is -2.26. The number of sulfonamides is 1. The average Bonchev–Trinajstić information content (AvgIpc) is 3.05. The number of nitrogens with zero attached hydrogens (tertiary/aromatic N) is 3. The zero-order chi connectivity index (χ0) is 19.3. The van der Waals surface area contributed by atoms with Gasteiger partial charge in [-0.3, -0.25) is 4.57 Å². The Morgan fingerprint density at radius 2 is 2.07 bits per heavy atom. The first kappa shape index (κ1) is 20.1. The number of morpholine rings is 1. The minimum absolute atomic E-state index is 0.213. The topological polar surface area (TPSA) is 97.3 Å². The molecule has 0 unspecified atom stereocenters. The molecule has 0 radical (unpaired) electrons. The first-order valence-electron chi connectivity index (χ1n) is 8.97. The number of hydrogen-bond donors (Lipinski definition) is 1. The van der Waals surface area contributed by atoms with Crippen LogP contribution in [0, 0.1) is 0 Å². The van der Waals surface area contributed by atoms with Crippen LogP contribution in [0.1, 0.15) is 25.3 Å². The second-order valence-electron chi connectivity index (χ2n) is 6.27. The maximum Gasteiger partial charge on any atom is 0.343 e. The van der Waals surface area contributed by atoms with Crippen LogP contribution in [0.3, 0.4) is 0 Å². The molecule has 0 atom stereocenters. The maximum absolute atomic E-state index is 12.8. The minimum Gasteiger partial charge on any atom is -0.379 e. The van der Waals surface area contributed by atoms with Gasteiger partial charge in [-0.25, -0.2) is 18.3 Å². The summed E-state index contributed by atoms with van der Waals surface area (Å²) in [6, 6.07) is 6.94. The Bertz CT molecular complexity index is 917. The summed E-state index contributed by atoms with van der Waals surface area (Å²) in [6.07, 6.45) is 1.89. The van der Waals surface area contributed by atoms with E-state index in [0.29, 0.717) is 43.8 Å². The SMILES string of the molecule is CCCCn1c(SCc2cccc(S(=O)(=O)N3CCOCC3)c2)n[nH]c1=O. The summed E-state index contributed by atoms with van der Waals surface area (Å²) in [5, 5.41) is 7.18. The zero-order valence-corrected chi connectivity index (χ0v) is 16.9. The van der Waals surface area contributed by atoms with Crippen LogP contribution in [0.5, 0.6) is 0 Å². The van der Waals surface area contributed by atoms with E-state index in [1.54, 1.807) is 22.8 Å².